The number of rotatable bonds is 3. The first kappa shape index (κ1) is 18.2. The number of benzene rings is 2. The highest BCUT2D eigenvalue weighted by molar-refractivity contribution is 7.92. The Balaban J connectivity index is 1.89. The van der Waals surface area contributed by atoms with E-state index in [1.807, 2.05) is 0 Å². The first-order chi connectivity index (χ1) is 12.1. The van der Waals surface area contributed by atoms with Crippen molar-refractivity contribution in [3.05, 3.63) is 47.8 Å². The lowest BCUT2D eigenvalue weighted by atomic mass is 9.94. The Bertz CT molecular complexity index is 987. The van der Waals surface area contributed by atoms with E-state index in [1.54, 1.807) is 19.9 Å². The Hall–Kier alpha value is -2.61. The van der Waals surface area contributed by atoms with Crippen LogP contribution in [-0.2, 0) is 14.8 Å². The molecule has 0 bridgehead atoms. The van der Waals surface area contributed by atoms with Crippen LogP contribution in [0.4, 0.5) is 15.8 Å². The molecule has 0 fully saturated rings. The van der Waals surface area contributed by atoms with Crippen molar-refractivity contribution in [2.45, 2.75) is 25.7 Å². The van der Waals surface area contributed by atoms with Crippen LogP contribution >= 0.6 is 0 Å². The number of fused-ring (bicyclic) bond motifs is 1. The molecule has 1 aliphatic rings. The predicted molar refractivity (Wildman–Crippen MR) is 96.3 cm³/mol. The number of carbonyl (C=O) groups excluding carboxylic acids is 1. The van der Waals surface area contributed by atoms with Gasteiger partial charge in [0.1, 0.15) is 18.2 Å². The van der Waals surface area contributed by atoms with Gasteiger partial charge in [0.2, 0.25) is 5.91 Å². The van der Waals surface area contributed by atoms with Crippen molar-refractivity contribution in [3.8, 4) is 5.75 Å². The number of aryl methyl sites for hydroxylation is 1. The van der Waals surface area contributed by atoms with Crippen LogP contribution in [0.5, 0.6) is 5.75 Å². The fourth-order valence-corrected chi connectivity index (χ4v) is 3.56. The molecule has 0 saturated heterocycles. The molecule has 2 aromatic rings. The standard InChI is InChI=1S/C18H19FN2O4S/c1-11-8-13(5-6-14(11)19)26(23,24)21-12-4-7-15-16(9-12)25-10-18(2,3)17(22)20-15/h4-9,21H,10H2,1-3H3,(H,20,22). The Morgan fingerprint density at radius 3 is 2.62 bits per heavy atom. The molecule has 0 atom stereocenters. The van der Waals surface area contributed by atoms with Gasteiger partial charge in [-0.25, -0.2) is 12.8 Å². The van der Waals surface area contributed by atoms with Crippen molar-refractivity contribution in [1.29, 1.82) is 0 Å². The van der Waals surface area contributed by atoms with E-state index in [-0.39, 0.29) is 28.7 Å². The van der Waals surface area contributed by atoms with Crippen LogP contribution in [0.25, 0.3) is 0 Å². The Kier molecular flexibility index (Phi) is 4.39. The lowest BCUT2D eigenvalue weighted by Crippen LogP contribution is -2.33. The van der Waals surface area contributed by atoms with E-state index < -0.39 is 21.3 Å². The zero-order valence-electron chi connectivity index (χ0n) is 14.6. The minimum atomic E-state index is -3.88. The summed E-state index contributed by atoms with van der Waals surface area (Å²) in [6, 6.07) is 8.18. The summed E-state index contributed by atoms with van der Waals surface area (Å²) in [5.74, 6) is -0.272. The second kappa shape index (κ2) is 6.28. The minimum Gasteiger partial charge on any atom is -0.490 e. The predicted octanol–water partition coefficient (Wildman–Crippen LogP) is 3.29. The maximum atomic E-state index is 13.4. The van der Waals surface area contributed by atoms with Gasteiger partial charge in [-0.3, -0.25) is 9.52 Å². The van der Waals surface area contributed by atoms with E-state index in [0.717, 1.165) is 6.07 Å². The van der Waals surface area contributed by atoms with Crippen LogP contribution in [0.15, 0.2) is 41.3 Å². The van der Waals surface area contributed by atoms with Gasteiger partial charge in [-0.2, -0.15) is 0 Å². The largest absolute Gasteiger partial charge is 0.490 e. The maximum Gasteiger partial charge on any atom is 0.261 e. The Morgan fingerprint density at radius 2 is 1.92 bits per heavy atom. The van der Waals surface area contributed by atoms with E-state index >= 15 is 0 Å². The summed E-state index contributed by atoms with van der Waals surface area (Å²) >= 11 is 0. The summed E-state index contributed by atoms with van der Waals surface area (Å²) in [5.41, 5.74) is 0.286. The quantitative estimate of drug-likeness (QED) is 0.858. The highest BCUT2D eigenvalue weighted by Gasteiger charge is 2.32. The molecule has 1 heterocycles. The molecule has 3 rings (SSSR count). The fourth-order valence-electron chi connectivity index (χ4n) is 2.42. The topological polar surface area (TPSA) is 84.5 Å². The molecule has 2 aromatic carbocycles. The molecule has 8 heteroatoms. The van der Waals surface area contributed by atoms with Gasteiger partial charge in [0.05, 0.1) is 21.7 Å². The highest BCUT2D eigenvalue weighted by Crippen LogP contribution is 2.34. The number of nitrogens with one attached hydrogen (secondary N) is 2. The number of halogens is 1. The lowest BCUT2D eigenvalue weighted by molar-refractivity contribution is -0.124. The fraction of sp³-hybridized carbons (Fsp3) is 0.278. The molecule has 1 aliphatic heterocycles. The normalized spacial score (nSPS) is 16.1. The second-order valence-corrected chi connectivity index (χ2v) is 8.54. The number of carbonyl (C=O) groups is 1. The van der Waals surface area contributed by atoms with Gasteiger partial charge in [-0.1, -0.05) is 0 Å². The summed E-state index contributed by atoms with van der Waals surface area (Å²) in [6.07, 6.45) is 0. The Morgan fingerprint density at radius 1 is 1.19 bits per heavy atom. The number of hydrogen-bond donors (Lipinski definition) is 2. The summed E-state index contributed by atoms with van der Waals surface area (Å²) in [6.45, 7) is 5.18. The minimum absolute atomic E-state index is 0.0401. The first-order valence-electron chi connectivity index (χ1n) is 7.96. The average molecular weight is 378 g/mol. The van der Waals surface area contributed by atoms with Gasteiger partial charge in [0, 0.05) is 6.07 Å². The molecule has 1 amide bonds. The summed E-state index contributed by atoms with van der Waals surface area (Å²) in [5, 5.41) is 2.77. The van der Waals surface area contributed by atoms with E-state index in [0.29, 0.717) is 11.4 Å². The number of ether oxygens (including phenoxy) is 1. The third kappa shape index (κ3) is 3.50. The smallest absolute Gasteiger partial charge is 0.261 e. The van der Waals surface area contributed by atoms with Crippen LogP contribution in [0.3, 0.4) is 0 Å². The molecule has 0 saturated carbocycles. The SMILES string of the molecule is Cc1cc(S(=O)(=O)Nc2ccc3c(c2)OCC(C)(C)C(=O)N3)ccc1F. The van der Waals surface area contributed by atoms with Gasteiger partial charge in [-0.15, -0.1) is 0 Å². The third-order valence-corrected chi connectivity index (χ3v) is 5.50. The highest BCUT2D eigenvalue weighted by atomic mass is 32.2. The van der Waals surface area contributed by atoms with Crippen molar-refractivity contribution in [3.63, 3.8) is 0 Å². The monoisotopic (exact) mass is 378 g/mol. The Labute approximate surface area is 151 Å². The molecule has 0 aliphatic carbocycles. The molecular formula is C18H19FN2O4S. The molecule has 0 unspecified atom stereocenters. The van der Waals surface area contributed by atoms with Crippen LogP contribution in [-0.4, -0.2) is 20.9 Å². The van der Waals surface area contributed by atoms with Crippen molar-refractivity contribution in [2.75, 3.05) is 16.6 Å². The zero-order chi connectivity index (χ0) is 19.1. The molecule has 0 spiro atoms. The molecule has 0 radical (unpaired) electrons. The summed E-state index contributed by atoms with van der Waals surface area (Å²) in [7, 11) is -3.88. The van der Waals surface area contributed by atoms with E-state index in [1.165, 1.54) is 31.2 Å². The van der Waals surface area contributed by atoms with E-state index in [9.17, 15) is 17.6 Å². The zero-order valence-corrected chi connectivity index (χ0v) is 15.4. The van der Waals surface area contributed by atoms with Crippen molar-refractivity contribution >= 4 is 27.3 Å². The number of amides is 1. The van der Waals surface area contributed by atoms with Crippen LogP contribution in [0, 0.1) is 18.2 Å². The molecule has 0 aromatic heterocycles. The second-order valence-electron chi connectivity index (χ2n) is 6.85. The van der Waals surface area contributed by atoms with Crippen LogP contribution in [0.2, 0.25) is 0 Å². The van der Waals surface area contributed by atoms with Gasteiger partial charge in [-0.05, 0) is 56.7 Å². The van der Waals surface area contributed by atoms with Gasteiger partial charge in [0.25, 0.3) is 10.0 Å². The van der Waals surface area contributed by atoms with Crippen molar-refractivity contribution < 1.29 is 22.3 Å². The number of anilines is 2. The molecule has 138 valence electrons. The number of hydrogen-bond acceptors (Lipinski definition) is 4. The molecule has 2 N–H and O–H groups in total. The van der Waals surface area contributed by atoms with Crippen molar-refractivity contribution in [1.82, 2.24) is 0 Å². The lowest BCUT2D eigenvalue weighted by Gasteiger charge is -2.18. The van der Waals surface area contributed by atoms with E-state index in [2.05, 4.69) is 10.0 Å². The average Bonchev–Trinajstić information content (AvgIpc) is 2.67. The summed E-state index contributed by atoms with van der Waals surface area (Å²) in [4.78, 5) is 12.1. The van der Waals surface area contributed by atoms with Crippen molar-refractivity contribution in [2.24, 2.45) is 5.41 Å². The van der Waals surface area contributed by atoms with Gasteiger partial charge < -0.3 is 10.1 Å². The van der Waals surface area contributed by atoms with Gasteiger partial charge in [0.15, 0.2) is 0 Å². The van der Waals surface area contributed by atoms with Gasteiger partial charge >= 0.3 is 0 Å². The van der Waals surface area contributed by atoms with Crippen LogP contribution < -0.4 is 14.8 Å². The van der Waals surface area contributed by atoms with E-state index in [4.69, 9.17) is 4.74 Å². The van der Waals surface area contributed by atoms with Crippen LogP contribution in [0.1, 0.15) is 19.4 Å². The number of sulfonamides is 1. The first-order valence-corrected chi connectivity index (χ1v) is 9.44. The molecular weight excluding hydrogens is 359 g/mol. The summed E-state index contributed by atoms with van der Waals surface area (Å²) < 4.78 is 46.5. The third-order valence-electron chi connectivity index (χ3n) is 4.12. The maximum absolute atomic E-state index is 13.4. The molecule has 6 nitrogen and oxygen atoms in total. The molecule has 26 heavy (non-hydrogen) atoms.